The molecule has 1 aromatic rings. The van der Waals surface area contributed by atoms with Crippen molar-refractivity contribution in [2.24, 2.45) is 17.8 Å². The molecule has 32 heavy (non-hydrogen) atoms. The molecular weight excluding hydrogens is 386 g/mol. The Morgan fingerprint density at radius 1 is 0.906 bits per heavy atom. The van der Waals surface area contributed by atoms with E-state index in [1.54, 1.807) is 5.56 Å². The van der Waals surface area contributed by atoms with E-state index in [1.807, 2.05) is 0 Å². The molecule has 1 heterocycles. The summed E-state index contributed by atoms with van der Waals surface area (Å²) in [6.07, 6.45) is 12.7. The van der Waals surface area contributed by atoms with Crippen LogP contribution in [0.25, 0.3) is 0 Å². The normalized spacial score (nSPS) is 18.4. The lowest BCUT2D eigenvalue weighted by molar-refractivity contribution is -0.397. The van der Waals surface area contributed by atoms with E-state index in [1.165, 1.54) is 34.4 Å². The molecule has 1 aliphatic carbocycles. The fraction of sp³-hybridized carbons (Fsp3) is 0.516. The van der Waals surface area contributed by atoms with Gasteiger partial charge in [-0.3, -0.25) is 0 Å². The number of benzene rings is 1. The first kappa shape index (κ1) is 24.3. The maximum Gasteiger partial charge on any atom is 0.226 e. The van der Waals surface area contributed by atoms with Crippen molar-refractivity contribution in [3.63, 3.8) is 0 Å². The first-order valence-corrected chi connectivity index (χ1v) is 12.6. The third kappa shape index (κ3) is 5.35. The highest BCUT2D eigenvalue weighted by molar-refractivity contribution is 5.56. The molecule has 0 spiro atoms. The van der Waals surface area contributed by atoms with E-state index in [2.05, 4.69) is 114 Å². The monoisotopic (exact) mass is 428 g/mol. The van der Waals surface area contributed by atoms with E-state index in [0.29, 0.717) is 29.6 Å². The van der Waals surface area contributed by atoms with E-state index >= 15 is 0 Å². The molecular formula is C31H42N+. The highest BCUT2D eigenvalue weighted by atomic mass is 15.0. The molecule has 0 radical (unpaired) electrons. The second kappa shape index (κ2) is 10.5. The van der Waals surface area contributed by atoms with Crippen LogP contribution in [0, 0.1) is 17.8 Å². The van der Waals surface area contributed by atoms with E-state index in [-0.39, 0.29) is 0 Å². The minimum absolute atomic E-state index is 0.432. The standard InChI is InChI=1S/C31H42N/c1-21(2)26-11-9-12-27(22(3)4)30(26)16-15-25-17-19-32(20-18-25)31-28(23(5)6)13-10-14-29(31)24(7)8/h9,11-13,17,19-25H,15-16,18H2,1-8H3/q+1. The Labute approximate surface area is 196 Å². The molecule has 0 aromatic heterocycles. The Morgan fingerprint density at radius 3 is 2.06 bits per heavy atom. The smallest absolute Gasteiger partial charge is 0.170 e. The Balaban J connectivity index is 1.79. The lowest BCUT2D eigenvalue weighted by Crippen LogP contribution is -2.20. The molecule has 0 saturated carbocycles. The summed E-state index contributed by atoms with van der Waals surface area (Å²) in [4.78, 5) is 0. The van der Waals surface area contributed by atoms with Crippen molar-refractivity contribution < 1.29 is 4.58 Å². The summed E-state index contributed by atoms with van der Waals surface area (Å²) >= 11 is 0. The molecule has 1 heteroatoms. The molecule has 1 aliphatic heterocycles. The predicted octanol–water partition coefficient (Wildman–Crippen LogP) is 8.30. The molecule has 1 atom stereocenters. The van der Waals surface area contributed by atoms with Gasteiger partial charge >= 0.3 is 0 Å². The van der Waals surface area contributed by atoms with Crippen LogP contribution in [0.1, 0.15) is 96.8 Å². The van der Waals surface area contributed by atoms with Gasteiger partial charge in [0.25, 0.3) is 0 Å². The maximum absolute atomic E-state index is 3.40. The van der Waals surface area contributed by atoms with Gasteiger partial charge in [0.2, 0.25) is 5.70 Å². The van der Waals surface area contributed by atoms with Crippen LogP contribution in [0.5, 0.6) is 0 Å². The van der Waals surface area contributed by atoms with Gasteiger partial charge in [0, 0.05) is 12.0 Å². The van der Waals surface area contributed by atoms with Crippen molar-refractivity contribution in [2.75, 3.05) is 0 Å². The Bertz CT molecular complexity index is 1000. The van der Waals surface area contributed by atoms with E-state index in [9.17, 15) is 0 Å². The fourth-order valence-corrected chi connectivity index (χ4v) is 4.93. The van der Waals surface area contributed by atoms with E-state index < -0.39 is 0 Å². The van der Waals surface area contributed by atoms with Crippen LogP contribution < -0.4 is 0 Å². The summed E-state index contributed by atoms with van der Waals surface area (Å²) in [6, 6.07) is 6.91. The highest BCUT2D eigenvalue weighted by Gasteiger charge is 2.28. The number of hydrogen-bond donors (Lipinski definition) is 0. The molecule has 0 saturated heterocycles. The molecule has 1 unspecified atom stereocenters. The molecule has 3 rings (SSSR count). The van der Waals surface area contributed by atoms with Crippen LogP contribution in [0.2, 0.25) is 0 Å². The van der Waals surface area contributed by atoms with Crippen LogP contribution in [0.15, 0.2) is 64.9 Å². The zero-order valence-electron chi connectivity index (χ0n) is 21.5. The minimum atomic E-state index is 0.432. The van der Waals surface area contributed by atoms with Crippen LogP contribution in [0.4, 0.5) is 0 Å². The second-order valence-corrected chi connectivity index (χ2v) is 10.6. The Kier molecular flexibility index (Phi) is 8.00. The van der Waals surface area contributed by atoms with Gasteiger partial charge in [-0.15, -0.1) is 0 Å². The Morgan fingerprint density at radius 2 is 1.56 bits per heavy atom. The molecule has 2 aliphatic rings. The van der Waals surface area contributed by atoms with Crippen molar-refractivity contribution in [3.8, 4) is 0 Å². The number of rotatable bonds is 8. The quantitative estimate of drug-likeness (QED) is 0.289. The molecule has 0 N–H and O–H groups in total. The zero-order valence-corrected chi connectivity index (χ0v) is 21.5. The Hall–Kier alpha value is -2.33. The van der Waals surface area contributed by atoms with Gasteiger partial charge in [-0.25, -0.2) is 0 Å². The first-order valence-electron chi connectivity index (χ1n) is 12.6. The second-order valence-electron chi connectivity index (χ2n) is 10.6. The van der Waals surface area contributed by atoms with Gasteiger partial charge in [-0.1, -0.05) is 85.1 Å². The third-order valence-electron chi connectivity index (χ3n) is 6.80. The number of nitrogens with zero attached hydrogens (tertiary/aromatic N) is 1. The van der Waals surface area contributed by atoms with Crippen molar-refractivity contribution in [2.45, 2.75) is 86.5 Å². The minimum Gasteiger partial charge on any atom is -0.170 e. The van der Waals surface area contributed by atoms with Gasteiger partial charge in [0.05, 0.1) is 5.57 Å². The summed E-state index contributed by atoms with van der Waals surface area (Å²) in [7, 11) is 0. The third-order valence-corrected chi connectivity index (χ3v) is 6.80. The zero-order chi connectivity index (χ0) is 23.4. The van der Waals surface area contributed by atoms with Gasteiger partial charge < -0.3 is 0 Å². The molecule has 1 nitrogen and oxygen atoms in total. The molecule has 0 bridgehead atoms. The topological polar surface area (TPSA) is 3.01 Å². The SMILES string of the molecule is CC(C)C1=C=C=CC(C(C)C)=C1[N+]1=CCC(CCc2c(C(C)C)cccc2C(C)C)C=C1. The average Bonchev–Trinajstić information content (AvgIpc) is 2.76. The van der Waals surface area contributed by atoms with Gasteiger partial charge in [0.1, 0.15) is 0 Å². The van der Waals surface area contributed by atoms with Crippen molar-refractivity contribution >= 4 is 6.21 Å². The maximum atomic E-state index is 3.40. The van der Waals surface area contributed by atoms with Gasteiger partial charge in [-0.2, -0.15) is 4.58 Å². The molecule has 0 fully saturated rings. The van der Waals surface area contributed by atoms with Crippen LogP contribution in [-0.2, 0) is 6.42 Å². The van der Waals surface area contributed by atoms with Crippen molar-refractivity contribution in [1.82, 2.24) is 0 Å². The summed E-state index contributed by atoms with van der Waals surface area (Å²) < 4.78 is 2.35. The van der Waals surface area contributed by atoms with E-state index in [0.717, 1.165) is 12.8 Å². The fourth-order valence-electron chi connectivity index (χ4n) is 4.93. The lowest BCUT2D eigenvalue weighted by atomic mass is 9.84. The van der Waals surface area contributed by atoms with Crippen molar-refractivity contribution in [3.05, 3.63) is 81.5 Å². The summed E-state index contributed by atoms with van der Waals surface area (Å²) in [5, 5.41) is 0. The molecule has 1 aromatic carbocycles. The molecule has 170 valence electrons. The molecule has 0 amide bonds. The van der Waals surface area contributed by atoms with Crippen molar-refractivity contribution in [1.29, 1.82) is 0 Å². The average molecular weight is 429 g/mol. The number of allylic oxidation sites excluding steroid dienone is 4. The van der Waals surface area contributed by atoms with E-state index in [4.69, 9.17) is 0 Å². The van der Waals surface area contributed by atoms with Crippen LogP contribution >= 0.6 is 0 Å². The predicted molar refractivity (Wildman–Crippen MR) is 138 cm³/mol. The van der Waals surface area contributed by atoms with Crippen LogP contribution in [-0.4, -0.2) is 10.8 Å². The first-order chi connectivity index (χ1) is 15.2. The highest BCUT2D eigenvalue weighted by Crippen LogP contribution is 2.32. The van der Waals surface area contributed by atoms with Gasteiger partial charge in [0.15, 0.2) is 12.4 Å². The number of hydrogen-bond acceptors (Lipinski definition) is 0. The summed E-state index contributed by atoms with van der Waals surface area (Å²) in [5.74, 6) is 2.64. The largest absolute Gasteiger partial charge is 0.226 e. The summed E-state index contributed by atoms with van der Waals surface area (Å²) in [6.45, 7) is 18.3. The lowest BCUT2D eigenvalue weighted by Gasteiger charge is -2.22. The van der Waals surface area contributed by atoms with Gasteiger partial charge in [-0.05, 0) is 71.3 Å². The summed E-state index contributed by atoms with van der Waals surface area (Å²) in [5.41, 5.74) is 15.2. The van der Waals surface area contributed by atoms with Crippen LogP contribution in [0.3, 0.4) is 0 Å².